The van der Waals surface area contributed by atoms with Gasteiger partial charge in [-0.3, -0.25) is 4.79 Å². The van der Waals surface area contributed by atoms with Crippen LogP contribution in [0.5, 0.6) is 0 Å². The fourth-order valence-electron chi connectivity index (χ4n) is 5.43. The van der Waals surface area contributed by atoms with E-state index in [9.17, 15) is 4.79 Å². The lowest BCUT2D eigenvalue weighted by molar-refractivity contribution is -0.299. The molecular formula is C22H40N2O3. The lowest BCUT2D eigenvalue weighted by Gasteiger charge is -2.44. The Balaban J connectivity index is 1.67. The topological polar surface area (TPSA) is 64.8 Å². The maximum absolute atomic E-state index is 13.5. The van der Waals surface area contributed by atoms with E-state index in [1.54, 1.807) is 0 Å². The largest absolute Gasteiger partial charge is 0.347 e. The molecule has 2 atom stereocenters. The minimum atomic E-state index is -0.635. The van der Waals surface area contributed by atoms with Crippen molar-refractivity contribution in [3.8, 4) is 0 Å². The maximum atomic E-state index is 13.5. The number of hydrogen-bond acceptors (Lipinski definition) is 4. The number of hydrogen-bond donors (Lipinski definition) is 1. The van der Waals surface area contributed by atoms with Crippen molar-refractivity contribution in [1.29, 1.82) is 0 Å². The molecule has 2 aliphatic carbocycles. The van der Waals surface area contributed by atoms with Gasteiger partial charge in [0.15, 0.2) is 5.79 Å². The molecule has 0 bridgehead atoms. The second-order valence-corrected chi connectivity index (χ2v) is 9.28. The van der Waals surface area contributed by atoms with Crippen LogP contribution < -0.4 is 5.73 Å². The van der Waals surface area contributed by atoms with Gasteiger partial charge in [-0.05, 0) is 52.5 Å². The van der Waals surface area contributed by atoms with Crippen LogP contribution in [0.3, 0.4) is 0 Å². The molecule has 0 aromatic carbocycles. The van der Waals surface area contributed by atoms with Gasteiger partial charge in [-0.1, -0.05) is 38.5 Å². The molecule has 27 heavy (non-hydrogen) atoms. The van der Waals surface area contributed by atoms with Crippen molar-refractivity contribution in [2.75, 3.05) is 6.54 Å². The molecule has 3 aliphatic rings. The highest BCUT2D eigenvalue weighted by atomic mass is 16.7. The van der Waals surface area contributed by atoms with Crippen LogP contribution in [0.1, 0.15) is 97.3 Å². The molecule has 2 N–H and O–H groups in total. The number of rotatable bonds is 6. The number of ether oxygens (including phenoxy) is 2. The molecule has 3 fully saturated rings. The molecule has 1 aliphatic heterocycles. The van der Waals surface area contributed by atoms with Gasteiger partial charge in [0.25, 0.3) is 0 Å². The predicted octanol–water partition coefficient (Wildman–Crippen LogP) is 4.13. The van der Waals surface area contributed by atoms with Crippen LogP contribution in [-0.2, 0) is 14.3 Å². The Morgan fingerprint density at radius 2 is 1.44 bits per heavy atom. The molecule has 0 spiro atoms. The van der Waals surface area contributed by atoms with Gasteiger partial charge in [0.2, 0.25) is 5.91 Å². The first-order valence-electron chi connectivity index (χ1n) is 11.4. The average molecular weight is 381 g/mol. The highest BCUT2D eigenvalue weighted by molar-refractivity contribution is 5.77. The summed E-state index contributed by atoms with van der Waals surface area (Å²) in [4.78, 5) is 15.8. The summed E-state index contributed by atoms with van der Waals surface area (Å²) < 4.78 is 12.1. The molecule has 156 valence electrons. The Labute approximate surface area is 165 Å². The fraction of sp³-hybridized carbons (Fsp3) is 0.955. The molecule has 5 heteroatoms. The Morgan fingerprint density at radius 3 is 1.96 bits per heavy atom. The highest BCUT2D eigenvalue weighted by Crippen LogP contribution is 2.33. The summed E-state index contributed by atoms with van der Waals surface area (Å²) in [6.07, 6.45) is 14.5. The van der Waals surface area contributed by atoms with Crippen LogP contribution in [0.25, 0.3) is 0 Å². The van der Waals surface area contributed by atoms with Crippen LogP contribution in [-0.4, -0.2) is 47.4 Å². The minimum absolute atomic E-state index is 0.0625. The predicted molar refractivity (Wildman–Crippen MR) is 107 cm³/mol. The third-order valence-corrected chi connectivity index (χ3v) is 6.54. The molecule has 1 saturated heterocycles. The number of nitrogens with two attached hydrogens (primary N) is 1. The van der Waals surface area contributed by atoms with E-state index in [1.807, 2.05) is 13.8 Å². The van der Waals surface area contributed by atoms with E-state index in [1.165, 1.54) is 64.2 Å². The van der Waals surface area contributed by atoms with Gasteiger partial charge in [-0.2, -0.15) is 0 Å². The van der Waals surface area contributed by atoms with Gasteiger partial charge in [-0.25, -0.2) is 0 Å². The molecule has 0 aromatic rings. The molecule has 2 saturated carbocycles. The van der Waals surface area contributed by atoms with Crippen molar-refractivity contribution < 1.29 is 14.3 Å². The smallest absolute Gasteiger partial charge is 0.225 e. The minimum Gasteiger partial charge on any atom is -0.347 e. The van der Waals surface area contributed by atoms with Crippen molar-refractivity contribution in [2.24, 2.45) is 5.73 Å². The number of amides is 1. The van der Waals surface area contributed by atoms with Crippen LogP contribution in [0.2, 0.25) is 0 Å². The Bertz CT molecular complexity index is 452. The van der Waals surface area contributed by atoms with Gasteiger partial charge in [0.1, 0.15) is 0 Å². The fourth-order valence-corrected chi connectivity index (χ4v) is 5.43. The zero-order valence-electron chi connectivity index (χ0n) is 17.5. The van der Waals surface area contributed by atoms with Crippen molar-refractivity contribution in [3.05, 3.63) is 0 Å². The molecular weight excluding hydrogens is 340 g/mol. The van der Waals surface area contributed by atoms with E-state index in [2.05, 4.69) is 4.90 Å². The van der Waals surface area contributed by atoms with Crippen molar-refractivity contribution >= 4 is 5.91 Å². The summed E-state index contributed by atoms with van der Waals surface area (Å²) in [7, 11) is 0. The lowest BCUT2D eigenvalue weighted by Crippen LogP contribution is -2.51. The molecule has 1 heterocycles. The van der Waals surface area contributed by atoms with Gasteiger partial charge in [0, 0.05) is 18.5 Å². The average Bonchev–Trinajstić information content (AvgIpc) is 2.62. The van der Waals surface area contributed by atoms with E-state index in [0.717, 1.165) is 12.8 Å². The first-order valence-corrected chi connectivity index (χ1v) is 11.4. The second-order valence-electron chi connectivity index (χ2n) is 9.28. The lowest BCUT2D eigenvalue weighted by atomic mass is 9.88. The summed E-state index contributed by atoms with van der Waals surface area (Å²) in [5, 5.41) is 0. The Kier molecular flexibility index (Phi) is 7.57. The molecule has 2 unspecified atom stereocenters. The molecule has 1 amide bonds. The first-order chi connectivity index (χ1) is 13.0. The normalized spacial score (nSPS) is 30.2. The van der Waals surface area contributed by atoms with Gasteiger partial charge >= 0.3 is 0 Å². The number of carbonyl (C=O) groups is 1. The second kappa shape index (κ2) is 9.71. The molecule has 0 aromatic heterocycles. The molecule has 3 rings (SSSR count). The standard InChI is InChI=1S/C22H40N2O3/c1-22(2)26-19(13-14-23)15-20(27-22)16-21(25)24(17-9-5-3-6-10-17)18-11-7-4-8-12-18/h17-20H,3-16,23H2,1-2H3. The maximum Gasteiger partial charge on any atom is 0.225 e. The Morgan fingerprint density at radius 1 is 0.926 bits per heavy atom. The molecule has 5 nitrogen and oxygen atoms in total. The van der Waals surface area contributed by atoms with Crippen molar-refractivity contribution in [3.63, 3.8) is 0 Å². The first kappa shape index (κ1) is 21.1. The third kappa shape index (κ3) is 5.91. The highest BCUT2D eigenvalue weighted by Gasteiger charge is 2.39. The van der Waals surface area contributed by atoms with Crippen LogP contribution in [0.4, 0.5) is 0 Å². The summed E-state index contributed by atoms with van der Waals surface area (Å²) >= 11 is 0. The van der Waals surface area contributed by atoms with Crippen molar-refractivity contribution in [1.82, 2.24) is 4.90 Å². The molecule has 0 radical (unpaired) electrons. The van der Waals surface area contributed by atoms with E-state index in [4.69, 9.17) is 15.2 Å². The van der Waals surface area contributed by atoms with Crippen LogP contribution in [0.15, 0.2) is 0 Å². The van der Waals surface area contributed by atoms with Crippen LogP contribution >= 0.6 is 0 Å². The van der Waals surface area contributed by atoms with E-state index >= 15 is 0 Å². The van der Waals surface area contributed by atoms with Gasteiger partial charge in [-0.15, -0.1) is 0 Å². The summed E-state index contributed by atoms with van der Waals surface area (Å²) in [6.45, 7) is 4.51. The van der Waals surface area contributed by atoms with Crippen molar-refractivity contribution in [2.45, 2.75) is 127 Å². The van der Waals surface area contributed by atoms with Crippen LogP contribution in [0, 0.1) is 0 Å². The summed E-state index contributed by atoms with van der Waals surface area (Å²) in [5.74, 6) is -0.327. The summed E-state index contributed by atoms with van der Waals surface area (Å²) in [6, 6.07) is 0.893. The quantitative estimate of drug-likeness (QED) is 0.752. The SMILES string of the molecule is CC1(C)OC(CCN)CC(CC(=O)N(C2CCCCC2)C2CCCCC2)O1. The van der Waals surface area contributed by atoms with Gasteiger partial charge in [0.05, 0.1) is 18.6 Å². The monoisotopic (exact) mass is 380 g/mol. The number of nitrogens with zero attached hydrogens (tertiary/aromatic N) is 1. The number of carbonyl (C=O) groups excluding carboxylic acids is 1. The van der Waals surface area contributed by atoms with Gasteiger partial charge < -0.3 is 20.1 Å². The summed E-state index contributed by atoms with van der Waals surface area (Å²) in [5.41, 5.74) is 5.74. The zero-order chi connectivity index (χ0) is 19.3. The third-order valence-electron chi connectivity index (χ3n) is 6.54. The van der Waals surface area contributed by atoms with E-state index in [0.29, 0.717) is 31.0 Å². The van der Waals surface area contributed by atoms with E-state index in [-0.39, 0.29) is 12.2 Å². The van der Waals surface area contributed by atoms with E-state index < -0.39 is 5.79 Å². The zero-order valence-corrected chi connectivity index (χ0v) is 17.5. The Hall–Kier alpha value is -0.650.